The number of halogens is 1. The standard InChI is InChI=1S/C7H12BrN3/c1-5(2)10-7-9-4-6(8)11(7)3/h4-5H,1-3H3,(H,9,10). The third-order valence-electron chi connectivity index (χ3n) is 1.35. The molecule has 0 spiro atoms. The summed E-state index contributed by atoms with van der Waals surface area (Å²) in [5.74, 6) is 0.895. The van der Waals surface area contributed by atoms with Gasteiger partial charge in [-0.2, -0.15) is 0 Å². The van der Waals surface area contributed by atoms with E-state index >= 15 is 0 Å². The Hall–Kier alpha value is -0.510. The van der Waals surface area contributed by atoms with Gasteiger partial charge in [0, 0.05) is 13.1 Å². The smallest absolute Gasteiger partial charge is 0.203 e. The number of anilines is 1. The van der Waals surface area contributed by atoms with Gasteiger partial charge in [-0.3, -0.25) is 0 Å². The molecule has 62 valence electrons. The fourth-order valence-corrected chi connectivity index (χ4v) is 1.05. The van der Waals surface area contributed by atoms with E-state index in [0.717, 1.165) is 10.6 Å². The lowest BCUT2D eigenvalue weighted by Gasteiger charge is -2.08. The van der Waals surface area contributed by atoms with E-state index in [1.807, 2.05) is 11.6 Å². The molecule has 0 amide bonds. The molecule has 1 N–H and O–H groups in total. The Morgan fingerprint density at radius 3 is 2.64 bits per heavy atom. The minimum Gasteiger partial charge on any atom is -0.353 e. The number of aromatic nitrogens is 2. The number of hydrogen-bond acceptors (Lipinski definition) is 2. The first kappa shape index (κ1) is 8.59. The Balaban J connectivity index is 2.79. The molecule has 1 rings (SSSR count). The van der Waals surface area contributed by atoms with E-state index in [1.54, 1.807) is 6.20 Å². The molecule has 11 heavy (non-hydrogen) atoms. The maximum Gasteiger partial charge on any atom is 0.203 e. The predicted octanol–water partition coefficient (Wildman–Crippen LogP) is 2.00. The van der Waals surface area contributed by atoms with E-state index in [2.05, 4.69) is 40.1 Å². The summed E-state index contributed by atoms with van der Waals surface area (Å²) in [6.45, 7) is 4.17. The lowest BCUT2D eigenvalue weighted by molar-refractivity contribution is 0.824. The van der Waals surface area contributed by atoms with Crippen LogP contribution in [-0.4, -0.2) is 15.6 Å². The molecular weight excluding hydrogens is 206 g/mol. The molecule has 0 unspecified atom stereocenters. The minimum absolute atomic E-state index is 0.419. The summed E-state index contributed by atoms with van der Waals surface area (Å²) in [5, 5.41) is 3.22. The van der Waals surface area contributed by atoms with Crippen LogP contribution < -0.4 is 5.32 Å². The summed E-state index contributed by atoms with van der Waals surface area (Å²) in [6, 6.07) is 0.419. The Bertz CT molecular complexity index is 242. The highest BCUT2D eigenvalue weighted by Gasteiger charge is 2.03. The van der Waals surface area contributed by atoms with Crippen LogP contribution in [0.25, 0.3) is 0 Å². The average Bonchev–Trinajstić information content (AvgIpc) is 2.18. The largest absolute Gasteiger partial charge is 0.353 e. The van der Waals surface area contributed by atoms with E-state index in [9.17, 15) is 0 Å². The van der Waals surface area contributed by atoms with Crippen LogP contribution >= 0.6 is 15.9 Å². The molecule has 4 heteroatoms. The van der Waals surface area contributed by atoms with Crippen molar-refractivity contribution in [3.63, 3.8) is 0 Å². The molecular formula is C7H12BrN3. The zero-order chi connectivity index (χ0) is 8.43. The molecule has 0 aromatic carbocycles. The third-order valence-corrected chi connectivity index (χ3v) is 2.09. The highest BCUT2D eigenvalue weighted by atomic mass is 79.9. The molecule has 0 fully saturated rings. The number of imidazole rings is 1. The van der Waals surface area contributed by atoms with E-state index in [-0.39, 0.29) is 0 Å². The Morgan fingerprint density at radius 2 is 2.27 bits per heavy atom. The van der Waals surface area contributed by atoms with Crippen molar-refractivity contribution >= 4 is 21.9 Å². The first-order valence-electron chi connectivity index (χ1n) is 3.55. The van der Waals surface area contributed by atoms with E-state index < -0.39 is 0 Å². The van der Waals surface area contributed by atoms with Gasteiger partial charge in [0.2, 0.25) is 5.95 Å². The second kappa shape index (κ2) is 3.26. The van der Waals surface area contributed by atoms with Gasteiger partial charge in [-0.25, -0.2) is 4.98 Å². The van der Waals surface area contributed by atoms with Crippen molar-refractivity contribution < 1.29 is 0 Å². The van der Waals surface area contributed by atoms with Crippen molar-refractivity contribution in [3.8, 4) is 0 Å². The van der Waals surface area contributed by atoms with Gasteiger partial charge in [-0.15, -0.1) is 0 Å². The first-order chi connectivity index (χ1) is 5.11. The summed E-state index contributed by atoms with van der Waals surface area (Å²) in [5.41, 5.74) is 0. The number of rotatable bonds is 2. The summed E-state index contributed by atoms with van der Waals surface area (Å²) in [6.07, 6.45) is 1.78. The van der Waals surface area contributed by atoms with E-state index in [0.29, 0.717) is 6.04 Å². The van der Waals surface area contributed by atoms with Gasteiger partial charge < -0.3 is 9.88 Å². The molecule has 3 nitrogen and oxygen atoms in total. The van der Waals surface area contributed by atoms with Gasteiger partial charge in [0.25, 0.3) is 0 Å². The van der Waals surface area contributed by atoms with Crippen LogP contribution in [0, 0.1) is 0 Å². The predicted molar refractivity (Wildman–Crippen MR) is 49.7 cm³/mol. The van der Waals surface area contributed by atoms with Crippen molar-refractivity contribution in [3.05, 3.63) is 10.8 Å². The van der Waals surface area contributed by atoms with Crippen molar-refractivity contribution in [2.45, 2.75) is 19.9 Å². The van der Waals surface area contributed by atoms with Crippen LogP contribution in [0.3, 0.4) is 0 Å². The SMILES string of the molecule is CC(C)Nc1ncc(Br)n1C. The summed E-state index contributed by atoms with van der Waals surface area (Å²) < 4.78 is 2.95. The molecule has 1 aromatic rings. The topological polar surface area (TPSA) is 29.9 Å². The van der Waals surface area contributed by atoms with Crippen LogP contribution in [0.5, 0.6) is 0 Å². The second-order valence-electron chi connectivity index (χ2n) is 2.76. The Labute approximate surface area is 74.9 Å². The molecule has 0 bridgehead atoms. The second-order valence-corrected chi connectivity index (χ2v) is 3.58. The monoisotopic (exact) mass is 217 g/mol. The minimum atomic E-state index is 0.419. The van der Waals surface area contributed by atoms with Crippen molar-refractivity contribution in [2.75, 3.05) is 5.32 Å². The van der Waals surface area contributed by atoms with Crippen LogP contribution in [-0.2, 0) is 7.05 Å². The van der Waals surface area contributed by atoms with Crippen molar-refractivity contribution in [2.24, 2.45) is 7.05 Å². The molecule has 0 aliphatic carbocycles. The Morgan fingerprint density at radius 1 is 1.64 bits per heavy atom. The van der Waals surface area contributed by atoms with Crippen molar-refractivity contribution in [1.29, 1.82) is 0 Å². The fraction of sp³-hybridized carbons (Fsp3) is 0.571. The lowest BCUT2D eigenvalue weighted by atomic mass is 10.4. The van der Waals surface area contributed by atoms with Crippen LogP contribution in [0.15, 0.2) is 10.8 Å². The normalized spacial score (nSPS) is 10.6. The van der Waals surface area contributed by atoms with Crippen molar-refractivity contribution in [1.82, 2.24) is 9.55 Å². The van der Waals surface area contributed by atoms with Gasteiger partial charge in [-0.05, 0) is 29.8 Å². The molecule has 1 aromatic heterocycles. The number of nitrogens with one attached hydrogen (secondary N) is 1. The highest BCUT2D eigenvalue weighted by molar-refractivity contribution is 9.10. The summed E-state index contributed by atoms with van der Waals surface area (Å²) in [4.78, 5) is 4.16. The first-order valence-corrected chi connectivity index (χ1v) is 4.34. The maximum atomic E-state index is 4.16. The molecule has 0 aliphatic heterocycles. The van der Waals surface area contributed by atoms with Crippen LogP contribution in [0.1, 0.15) is 13.8 Å². The number of nitrogens with zero attached hydrogens (tertiary/aromatic N) is 2. The average molecular weight is 218 g/mol. The zero-order valence-electron chi connectivity index (χ0n) is 6.93. The zero-order valence-corrected chi connectivity index (χ0v) is 8.51. The molecule has 0 saturated heterocycles. The maximum absolute atomic E-state index is 4.16. The van der Waals surface area contributed by atoms with E-state index in [1.165, 1.54) is 0 Å². The quantitative estimate of drug-likeness (QED) is 0.822. The molecule has 0 aliphatic rings. The molecule has 0 saturated carbocycles. The summed E-state index contributed by atoms with van der Waals surface area (Å²) in [7, 11) is 1.96. The van der Waals surface area contributed by atoms with Crippen LogP contribution in [0.4, 0.5) is 5.95 Å². The van der Waals surface area contributed by atoms with Gasteiger partial charge >= 0.3 is 0 Å². The number of hydrogen-bond donors (Lipinski definition) is 1. The highest BCUT2D eigenvalue weighted by Crippen LogP contribution is 2.14. The fourth-order valence-electron chi connectivity index (χ4n) is 0.781. The van der Waals surface area contributed by atoms with Crippen LogP contribution in [0.2, 0.25) is 0 Å². The molecule has 0 radical (unpaired) electrons. The Kier molecular flexibility index (Phi) is 2.54. The molecule has 1 heterocycles. The third kappa shape index (κ3) is 1.96. The summed E-state index contributed by atoms with van der Waals surface area (Å²) >= 11 is 3.37. The lowest BCUT2D eigenvalue weighted by Crippen LogP contribution is -2.13. The van der Waals surface area contributed by atoms with Gasteiger partial charge in [0.15, 0.2) is 0 Å². The molecule has 0 atom stereocenters. The van der Waals surface area contributed by atoms with E-state index in [4.69, 9.17) is 0 Å². The van der Waals surface area contributed by atoms with Gasteiger partial charge in [0.05, 0.1) is 6.20 Å². The van der Waals surface area contributed by atoms with Gasteiger partial charge in [0.1, 0.15) is 4.60 Å². The van der Waals surface area contributed by atoms with Gasteiger partial charge in [-0.1, -0.05) is 0 Å².